The molecule has 0 unspecified atom stereocenters. The number of aromatic nitrogens is 2. The lowest BCUT2D eigenvalue weighted by molar-refractivity contribution is -0.269. The zero-order chi connectivity index (χ0) is 14.0. The van der Waals surface area contributed by atoms with Gasteiger partial charge in [-0.3, -0.25) is 9.48 Å². The van der Waals surface area contributed by atoms with E-state index in [4.69, 9.17) is 0 Å². The third-order valence-corrected chi connectivity index (χ3v) is 2.03. The largest absolute Gasteiger partial charge is 0.463 e. The van der Waals surface area contributed by atoms with Crippen molar-refractivity contribution in [3.63, 3.8) is 0 Å². The van der Waals surface area contributed by atoms with Crippen LogP contribution in [-0.2, 0) is 11.3 Å². The molecular weight excluding hydrogens is 261 g/mol. The van der Waals surface area contributed by atoms with Crippen LogP contribution in [0.5, 0.6) is 0 Å². The van der Waals surface area contributed by atoms with Crippen molar-refractivity contribution >= 4 is 5.91 Å². The molecule has 0 aliphatic rings. The second-order valence-corrected chi connectivity index (χ2v) is 3.61. The molecule has 0 saturated carbocycles. The zero-order valence-electron chi connectivity index (χ0n) is 9.26. The van der Waals surface area contributed by atoms with Crippen LogP contribution in [0.15, 0.2) is 12.4 Å². The Kier molecular flexibility index (Phi) is 3.92. The average Bonchev–Trinajstić information content (AvgIpc) is 2.62. The number of carbonyl (C=O) groups is 1. The Morgan fingerprint density at radius 1 is 1.39 bits per heavy atom. The number of hydrogen-bond donors (Lipinski definition) is 1. The van der Waals surface area contributed by atoms with Crippen LogP contribution in [0.4, 0.5) is 22.0 Å². The Labute approximate surface area is 98.8 Å². The zero-order valence-corrected chi connectivity index (χ0v) is 9.26. The van der Waals surface area contributed by atoms with Crippen LogP contribution in [0.2, 0.25) is 0 Å². The second kappa shape index (κ2) is 4.91. The van der Waals surface area contributed by atoms with E-state index in [1.54, 1.807) is 13.1 Å². The number of amides is 1. The van der Waals surface area contributed by atoms with Gasteiger partial charge in [-0.2, -0.15) is 27.1 Å². The maximum Gasteiger partial charge on any atom is 0.463 e. The van der Waals surface area contributed by atoms with E-state index in [0.717, 1.165) is 5.56 Å². The summed E-state index contributed by atoms with van der Waals surface area (Å²) in [6.07, 6.45) is -2.83. The van der Waals surface area contributed by atoms with Gasteiger partial charge in [0.15, 0.2) is 0 Å². The smallest absolute Gasteiger partial charge is 0.349 e. The van der Waals surface area contributed by atoms with Gasteiger partial charge in [-0.1, -0.05) is 0 Å². The van der Waals surface area contributed by atoms with Crippen molar-refractivity contribution in [2.75, 3.05) is 6.54 Å². The third-order valence-electron chi connectivity index (χ3n) is 2.03. The van der Waals surface area contributed by atoms with Gasteiger partial charge in [0.2, 0.25) is 0 Å². The number of halogens is 5. The molecule has 1 aromatic rings. The van der Waals surface area contributed by atoms with E-state index in [2.05, 4.69) is 5.10 Å². The molecule has 18 heavy (non-hydrogen) atoms. The SMILES string of the molecule is Cc1cnn(CCNC(=O)C(F)(F)C(F)(F)F)c1. The maximum absolute atomic E-state index is 12.5. The van der Waals surface area contributed by atoms with E-state index in [1.807, 2.05) is 0 Å². The number of nitrogens with one attached hydrogen (secondary N) is 1. The van der Waals surface area contributed by atoms with Gasteiger partial charge in [-0.15, -0.1) is 0 Å². The van der Waals surface area contributed by atoms with E-state index in [9.17, 15) is 26.7 Å². The fourth-order valence-corrected chi connectivity index (χ4v) is 1.11. The van der Waals surface area contributed by atoms with Gasteiger partial charge in [0.25, 0.3) is 5.91 Å². The Balaban J connectivity index is 2.47. The van der Waals surface area contributed by atoms with Crippen molar-refractivity contribution < 1.29 is 26.7 Å². The molecule has 1 rings (SSSR count). The Morgan fingerprint density at radius 2 is 2.00 bits per heavy atom. The highest BCUT2D eigenvalue weighted by molar-refractivity contribution is 5.84. The molecule has 102 valence electrons. The molecule has 0 atom stereocenters. The number of carbonyl (C=O) groups excluding carboxylic acids is 1. The number of rotatable bonds is 4. The van der Waals surface area contributed by atoms with Crippen molar-refractivity contribution in [1.29, 1.82) is 0 Å². The van der Waals surface area contributed by atoms with E-state index in [0.29, 0.717) is 0 Å². The van der Waals surface area contributed by atoms with Gasteiger partial charge >= 0.3 is 12.1 Å². The monoisotopic (exact) mass is 271 g/mol. The predicted molar refractivity (Wildman–Crippen MR) is 51.0 cm³/mol. The third kappa shape index (κ3) is 3.17. The second-order valence-electron chi connectivity index (χ2n) is 3.61. The van der Waals surface area contributed by atoms with Crippen LogP contribution < -0.4 is 5.32 Å². The summed E-state index contributed by atoms with van der Waals surface area (Å²) in [6, 6.07) is 0. The molecule has 0 aromatic carbocycles. The highest BCUT2D eigenvalue weighted by Crippen LogP contribution is 2.35. The molecule has 4 nitrogen and oxygen atoms in total. The molecule has 0 fully saturated rings. The molecule has 0 radical (unpaired) electrons. The van der Waals surface area contributed by atoms with Crippen molar-refractivity contribution in [2.24, 2.45) is 0 Å². The quantitative estimate of drug-likeness (QED) is 0.844. The minimum atomic E-state index is -5.89. The molecule has 1 amide bonds. The van der Waals surface area contributed by atoms with Crippen molar-refractivity contribution in [2.45, 2.75) is 25.6 Å². The molecule has 1 N–H and O–H groups in total. The summed E-state index contributed by atoms with van der Waals surface area (Å²) in [5.74, 6) is -7.74. The summed E-state index contributed by atoms with van der Waals surface area (Å²) in [7, 11) is 0. The number of hydrogen-bond acceptors (Lipinski definition) is 2. The highest BCUT2D eigenvalue weighted by atomic mass is 19.4. The van der Waals surface area contributed by atoms with Gasteiger partial charge < -0.3 is 5.32 Å². The van der Waals surface area contributed by atoms with Crippen LogP contribution in [0.1, 0.15) is 5.56 Å². The topological polar surface area (TPSA) is 46.9 Å². The lowest BCUT2D eigenvalue weighted by Crippen LogP contribution is -2.50. The summed E-state index contributed by atoms with van der Waals surface area (Å²) in [6.45, 7) is 1.37. The summed E-state index contributed by atoms with van der Waals surface area (Å²) >= 11 is 0. The number of nitrogens with zero attached hydrogens (tertiary/aromatic N) is 2. The molecule has 9 heteroatoms. The van der Waals surface area contributed by atoms with E-state index < -0.39 is 18.0 Å². The first-order valence-corrected chi connectivity index (χ1v) is 4.86. The standard InChI is InChI=1S/C9H10F5N3O/c1-6-4-16-17(5-6)3-2-15-7(18)8(10,11)9(12,13)14/h4-5H,2-3H2,1H3,(H,15,18). The van der Waals surface area contributed by atoms with E-state index in [1.165, 1.54) is 16.2 Å². The van der Waals surface area contributed by atoms with Gasteiger partial charge in [-0.25, -0.2) is 0 Å². The molecule has 0 aliphatic carbocycles. The molecule has 0 aliphatic heterocycles. The Morgan fingerprint density at radius 3 is 2.44 bits per heavy atom. The van der Waals surface area contributed by atoms with Crippen molar-refractivity contribution in [3.05, 3.63) is 18.0 Å². The molecule has 0 spiro atoms. The van der Waals surface area contributed by atoms with Crippen LogP contribution in [-0.4, -0.2) is 34.3 Å². The van der Waals surface area contributed by atoms with E-state index >= 15 is 0 Å². The fraction of sp³-hybridized carbons (Fsp3) is 0.556. The van der Waals surface area contributed by atoms with Gasteiger partial charge in [-0.05, 0) is 12.5 Å². The minimum Gasteiger partial charge on any atom is -0.349 e. The fourth-order valence-electron chi connectivity index (χ4n) is 1.11. The van der Waals surface area contributed by atoms with Gasteiger partial charge in [0.05, 0.1) is 12.7 Å². The first-order chi connectivity index (χ1) is 8.14. The van der Waals surface area contributed by atoms with Crippen molar-refractivity contribution in [1.82, 2.24) is 15.1 Å². The molecular formula is C9H10F5N3O. The van der Waals surface area contributed by atoms with Crippen LogP contribution in [0.3, 0.4) is 0 Å². The minimum absolute atomic E-state index is 0.00746. The van der Waals surface area contributed by atoms with Gasteiger partial charge in [0, 0.05) is 12.7 Å². The summed E-state index contributed by atoms with van der Waals surface area (Å²) < 4.78 is 61.7. The summed E-state index contributed by atoms with van der Waals surface area (Å²) in [5.41, 5.74) is 0.807. The van der Waals surface area contributed by atoms with E-state index in [-0.39, 0.29) is 13.1 Å². The Hall–Kier alpha value is -1.67. The lowest BCUT2D eigenvalue weighted by atomic mass is 10.3. The van der Waals surface area contributed by atoms with Crippen molar-refractivity contribution in [3.8, 4) is 0 Å². The molecule has 1 aromatic heterocycles. The molecule has 0 saturated heterocycles. The normalized spacial score (nSPS) is 12.6. The maximum atomic E-state index is 12.5. The number of aryl methyl sites for hydroxylation is 1. The molecule has 1 heterocycles. The number of alkyl halides is 5. The average molecular weight is 271 g/mol. The molecule has 0 bridgehead atoms. The summed E-state index contributed by atoms with van der Waals surface area (Å²) in [5, 5.41) is 5.30. The van der Waals surface area contributed by atoms with Crippen LogP contribution in [0.25, 0.3) is 0 Å². The highest BCUT2D eigenvalue weighted by Gasteiger charge is 2.63. The Bertz CT molecular complexity index is 426. The van der Waals surface area contributed by atoms with Crippen LogP contribution in [0, 0.1) is 6.92 Å². The van der Waals surface area contributed by atoms with Gasteiger partial charge in [0.1, 0.15) is 0 Å². The van der Waals surface area contributed by atoms with Crippen LogP contribution >= 0.6 is 0 Å². The lowest BCUT2D eigenvalue weighted by Gasteiger charge is -2.18. The predicted octanol–water partition coefficient (Wildman–Crippen LogP) is 1.51. The summed E-state index contributed by atoms with van der Waals surface area (Å²) in [4.78, 5) is 10.7. The first-order valence-electron chi connectivity index (χ1n) is 4.86. The first kappa shape index (κ1) is 14.4.